The van der Waals surface area contributed by atoms with Gasteiger partial charge in [-0.05, 0) is 40.0 Å². The van der Waals surface area contributed by atoms with Crippen molar-refractivity contribution in [1.82, 2.24) is 4.90 Å². The van der Waals surface area contributed by atoms with Gasteiger partial charge in [0.25, 0.3) is 0 Å². The summed E-state index contributed by atoms with van der Waals surface area (Å²) >= 11 is 0. The Morgan fingerprint density at radius 2 is 2.07 bits per heavy atom. The predicted octanol–water partition coefficient (Wildman–Crippen LogP) is 1.52. The Morgan fingerprint density at radius 3 is 2.47 bits per heavy atom. The quantitative estimate of drug-likeness (QED) is 0.663. The lowest BCUT2D eigenvalue weighted by atomic mass is 9.98. The number of carbonyl (C=O) groups is 1. The van der Waals surface area contributed by atoms with Crippen LogP contribution in [0.4, 0.5) is 4.79 Å². The number of carbonyl (C=O) groups excluding carboxylic acids is 1. The molecule has 4 heteroatoms. The number of fused-ring (bicyclic) bond motifs is 2. The van der Waals surface area contributed by atoms with Gasteiger partial charge in [-0.15, -0.1) is 0 Å². The van der Waals surface area contributed by atoms with Gasteiger partial charge >= 0.3 is 6.09 Å². The van der Waals surface area contributed by atoms with Gasteiger partial charge in [0, 0.05) is 6.04 Å². The summed E-state index contributed by atoms with van der Waals surface area (Å²) in [5.74, 6) is 0. The molecule has 1 N–H and O–H groups in total. The minimum absolute atomic E-state index is 0.00940. The Kier molecular flexibility index (Phi) is 2.41. The first-order valence-corrected chi connectivity index (χ1v) is 5.58. The molecule has 2 fully saturated rings. The highest BCUT2D eigenvalue weighted by atomic mass is 16.6. The molecule has 15 heavy (non-hydrogen) atoms. The van der Waals surface area contributed by atoms with Gasteiger partial charge in [0.2, 0.25) is 0 Å². The molecular weight excluding hydrogens is 194 g/mol. The standard InChI is InChI=1S/C11H19NO3/c1-11(2,3)15-10(14)12-7-4-5-8(12)9(13)6-7/h7-9,13H,4-6H2,1-3H3/t7?,8-,9-/m1/s1. The van der Waals surface area contributed by atoms with Crippen LogP contribution in [0, 0.1) is 0 Å². The zero-order chi connectivity index (χ0) is 11.2. The van der Waals surface area contributed by atoms with Crippen LogP contribution in [0.3, 0.4) is 0 Å². The highest BCUT2D eigenvalue weighted by Gasteiger charge is 2.49. The van der Waals surface area contributed by atoms with Gasteiger partial charge in [-0.2, -0.15) is 0 Å². The number of aliphatic hydroxyl groups is 1. The van der Waals surface area contributed by atoms with Gasteiger partial charge in [-0.25, -0.2) is 4.79 Å². The normalized spacial score (nSPS) is 34.7. The van der Waals surface area contributed by atoms with Crippen molar-refractivity contribution in [2.75, 3.05) is 0 Å². The van der Waals surface area contributed by atoms with E-state index >= 15 is 0 Å². The molecule has 0 saturated carbocycles. The van der Waals surface area contributed by atoms with E-state index in [0.717, 1.165) is 12.8 Å². The van der Waals surface area contributed by atoms with Crippen LogP contribution < -0.4 is 0 Å². The number of hydrogen-bond donors (Lipinski definition) is 1. The Balaban J connectivity index is 2.03. The lowest BCUT2D eigenvalue weighted by Crippen LogP contribution is -2.41. The lowest BCUT2D eigenvalue weighted by Gasteiger charge is -2.27. The van der Waals surface area contributed by atoms with E-state index in [-0.39, 0.29) is 24.3 Å². The molecular formula is C11H19NO3. The number of rotatable bonds is 0. The molecule has 1 amide bonds. The molecule has 2 aliphatic heterocycles. The maximum Gasteiger partial charge on any atom is 0.410 e. The van der Waals surface area contributed by atoms with E-state index in [0.29, 0.717) is 6.42 Å². The minimum atomic E-state index is -0.454. The van der Waals surface area contributed by atoms with E-state index in [1.165, 1.54) is 0 Å². The molecule has 2 rings (SSSR count). The first-order chi connectivity index (χ1) is 6.88. The van der Waals surface area contributed by atoms with E-state index in [9.17, 15) is 9.90 Å². The van der Waals surface area contributed by atoms with Gasteiger partial charge in [0.1, 0.15) is 5.60 Å². The summed E-state index contributed by atoms with van der Waals surface area (Å²) in [6.45, 7) is 5.58. The first-order valence-electron chi connectivity index (χ1n) is 5.58. The third-order valence-electron chi connectivity index (χ3n) is 3.11. The zero-order valence-corrected chi connectivity index (χ0v) is 9.56. The average Bonchev–Trinajstić information content (AvgIpc) is 2.55. The van der Waals surface area contributed by atoms with Crippen molar-refractivity contribution in [3.05, 3.63) is 0 Å². The summed E-state index contributed by atoms with van der Waals surface area (Å²) in [5, 5.41) is 9.69. The van der Waals surface area contributed by atoms with E-state index in [1.807, 2.05) is 20.8 Å². The predicted molar refractivity (Wildman–Crippen MR) is 55.5 cm³/mol. The van der Waals surface area contributed by atoms with E-state index in [1.54, 1.807) is 4.90 Å². The van der Waals surface area contributed by atoms with E-state index in [4.69, 9.17) is 4.74 Å². The molecule has 1 unspecified atom stereocenters. The summed E-state index contributed by atoms with van der Waals surface area (Å²) in [4.78, 5) is 13.6. The van der Waals surface area contributed by atoms with Crippen molar-refractivity contribution in [1.29, 1.82) is 0 Å². The molecule has 0 aliphatic carbocycles. The fraction of sp³-hybridized carbons (Fsp3) is 0.909. The Hall–Kier alpha value is -0.770. The summed E-state index contributed by atoms with van der Waals surface area (Å²) < 4.78 is 5.33. The van der Waals surface area contributed by atoms with Crippen LogP contribution in [0.1, 0.15) is 40.0 Å². The second-order valence-corrected chi connectivity index (χ2v) is 5.49. The van der Waals surface area contributed by atoms with Gasteiger partial charge in [-0.3, -0.25) is 4.90 Å². The lowest BCUT2D eigenvalue weighted by molar-refractivity contribution is 0.0170. The molecule has 2 bridgehead atoms. The van der Waals surface area contributed by atoms with Crippen LogP contribution in [0.25, 0.3) is 0 Å². The molecule has 2 heterocycles. The third kappa shape index (κ3) is 1.95. The fourth-order valence-corrected chi connectivity index (χ4v) is 2.56. The SMILES string of the molecule is CC(C)(C)OC(=O)N1C2CC[C@@H]1[C@H](O)C2. The van der Waals surface area contributed by atoms with E-state index in [2.05, 4.69) is 0 Å². The highest BCUT2D eigenvalue weighted by molar-refractivity contribution is 5.70. The Morgan fingerprint density at radius 1 is 1.40 bits per heavy atom. The van der Waals surface area contributed by atoms with Crippen molar-refractivity contribution >= 4 is 6.09 Å². The fourth-order valence-electron chi connectivity index (χ4n) is 2.56. The molecule has 4 nitrogen and oxygen atoms in total. The topological polar surface area (TPSA) is 49.8 Å². The molecule has 0 aromatic rings. The minimum Gasteiger partial charge on any atom is -0.444 e. The van der Waals surface area contributed by atoms with Crippen LogP contribution in [0.5, 0.6) is 0 Å². The Bertz CT molecular complexity index is 271. The van der Waals surface area contributed by atoms with Crippen LogP contribution in [0.15, 0.2) is 0 Å². The first kappa shape index (κ1) is 10.7. The maximum atomic E-state index is 11.9. The van der Waals surface area contributed by atoms with Crippen molar-refractivity contribution in [2.24, 2.45) is 0 Å². The van der Waals surface area contributed by atoms with Crippen LogP contribution in [-0.2, 0) is 4.74 Å². The number of hydrogen-bond acceptors (Lipinski definition) is 3. The van der Waals surface area contributed by atoms with Crippen LogP contribution in [0.2, 0.25) is 0 Å². The van der Waals surface area contributed by atoms with Gasteiger partial charge < -0.3 is 9.84 Å². The van der Waals surface area contributed by atoms with Crippen LogP contribution in [-0.4, -0.2) is 39.9 Å². The monoisotopic (exact) mass is 213 g/mol. The summed E-state index contributed by atoms with van der Waals surface area (Å²) in [6, 6.07) is 0.185. The van der Waals surface area contributed by atoms with Gasteiger partial charge in [0.05, 0.1) is 12.1 Å². The summed E-state index contributed by atoms with van der Waals surface area (Å²) in [5.41, 5.74) is -0.454. The second kappa shape index (κ2) is 3.37. The number of nitrogens with zero attached hydrogens (tertiary/aromatic N) is 1. The summed E-state index contributed by atoms with van der Waals surface area (Å²) in [6.07, 6.45) is 2.00. The van der Waals surface area contributed by atoms with Gasteiger partial charge in [-0.1, -0.05) is 0 Å². The molecule has 0 spiro atoms. The number of ether oxygens (including phenoxy) is 1. The molecule has 0 aromatic heterocycles. The van der Waals surface area contributed by atoms with Crippen molar-refractivity contribution in [2.45, 2.75) is 63.8 Å². The van der Waals surface area contributed by atoms with Gasteiger partial charge in [0.15, 0.2) is 0 Å². The van der Waals surface area contributed by atoms with Crippen molar-refractivity contribution in [3.63, 3.8) is 0 Å². The third-order valence-corrected chi connectivity index (χ3v) is 3.11. The summed E-state index contributed by atoms with van der Waals surface area (Å²) in [7, 11) is 0. The zero-order valence-electron chi connectivity index (χ0n) is 9.56. The molecule has 3 atom stereocenters. The van der Waals surface area contributed by atoms with Crippen molar-refractivity contribution < 1.29 is 14.6 Å². The van der Waals surface area contributed by atoms with Crippen molar-refractivity contribution in [3.8, 4) is 0 Å². The molecule has 0 aromatic carbocycles. The molecule has 86 valence electrons. The Labute approximate surface area is 90.2 Å². The van der Waals surface area contributed by atoms with Crippen LogP contribution >= 0.6 is 0 Å². The van der Waals surface area contributed by atoms with E-state index < -0.39 is 5.60 Å². The number of aliphatic hydroxyl groups excluding tert-OH is 1. The molecule has 2 aliphatic rings. The molecule has 2 saturated heterocycles. The highest BCUT2D eigenvalue weighted by Crippen LogP contribution is 2.38. The smallest absolute Gasteiger partial charge is 0.410 e. The maximum absolute atomic E-state index is 11.9. The molecule has 0 radical (unpaired) electrons. The average molecular weight is 213 g/mol. The second-order valence-electron chi connectivity index (χ2n) is 5.49. The number of amides is 1. The largest absolute Gasteiger partial charge is 0.444 e.